The molecule has 1 atom stereocenters. The van der Waals surface area contributed by atoms with Crippen molar-refractivity contribution in [3.63, 3.8) is 0 Å². The normalized spacial score (nSPS) is 33.9. The van der Waals surface area contributed by atoms with E-state index >= 15 is 0 Å². The zero-order valence-corrected chi connectivity index (χ0v) is 18.3. The van der Waals surface area contributed by atoms with E-state index in [9.17, 15) is 4.79 Å². The van der Waals surface area contributed by atoms with Crippen LogP contribution in [0.15, 0.2) is 0 Å². The van der Waals surface area contributed by atoms with E-state index in [1.807, 2.05) is 18.9 Å². The van der Waals surface area contributed by atoms with Crippen LogP contribution < -0.4 is 5.32 Å². The predicted molar refractivity (Wildman–Crippen MR) is 114 cm³/mol. The molecule has 3 heterocycles. The Kier molecular flexibility index (Phi) is 6.02. The van der Waals surface area contributed by atoms with Gasteiger partial charge in [0.05, 0.1) is 6.61 Å². The quantitative estimate of drug-likeness (QED) is 0.725. The van der Waals surface area contributed by atoms with E-state index in [1.165, 1.54) is 51.6 Å². The fraction of sp³-hybridized carbons (Fsp3) is 0.905. The van der Waals surface area contributed by atoms with Crippen LogP contribution in [0.4, 0.5) is 4.79 Å². The van der Waals surface area contributed by atoms with Crippen LogP contribution in [0, 0.1) is 11.3 Å². The smallest absolute Gasteiger partial charge is 0.409 e. The van der Waals surface area contributed by atoms with Crippen molar-refractivity contribution < 1.29 is 9.53 Å². The Morgan fingerprint density at radius 1 is 1.18 bits per heavy atom. The lowest BCUT2D eigenvalue weighted by Gasteiger charge is -2.52. The topological polar surface area (TPSA) is 48.1 Å². The number of nitrogens with zero attached hydrogens (tertiary/aromatic N) is 3. The molecular formula is C21H36N4O2S. The molecule has 4 aliphatic rings. The van der Waals surface area contributed by atoms with Gasteiger partial charge in [0, 0.05) is 38.8 Å². The van der Waals surface area contributed by atoms with E-state index in [2.05, 4.69) is 15.1 Å². The lowest BCUT2D eigenvalue weighted by molar-refractivity contribution is -0.0137. The van der Waals surface area contributed by atoms with Gasteiger partial charge in [-0.3, -0.25) is 0 Å². The van der Waals surface area contributed by atoms with Gasteiger partial charge in [-0.25, -0.2) is 4.79 Å². The molecule has 4 rings (SSSR count). The van der Waals surface area contributed by atoms with Crippen LogP contribution in [0.2, 0.25) is 0 Å². The molecule has 1 spiro atoms. The van der Waals surface area contributed by atoms with Crippen LogP contribution in [0.3, 0.4) is 0 Å². The molecule has 0 aromatic rings. The highest BCUT2D eigenvalue weighted by Crippen LogP contribution is 2.51. The first-order valence-electron chi connectivity index (χ1n) is 11.2. The predicted octanol–water partition coefficient (Wildman–Crippen LogP) is 2.68. The molecule has 0 radical (unpaired) electrons. The molecule has 1 aliphatic carbocycles. The van der Waals surface area contributed by atoms with E-state index in [4.69, 9.17) is 17.0 Å². The maximum absolute atomic E-state index is 12.0. The number of hydrogen-bond acceptors (Lipinski definition) is 4. The summed E-state index contributed by atoms with van der Waals surface area (Å²) in [6.45, 7) is 7.69. The SMILES string of the molecule is CCOC(=O)N1CCC2(CC(N3CCC(C4CCCN4C(=S)NC)CC3)C2)C1. The summed E-state index contributed by atoms with van der Waals surface area (Å²) in [6, 6.07) is 1.36. The highest BCUT2D eigenvalue weighted by Gasteiger charge is 2.51. The number of hydrogen-bond donors (Lipinski definition) is 1. The Morgan fingerprint density at radius 3 is 2.61 bits per heavy atom. The first kappa shape index (κ1) is 20.2. The fourth-order valence-corrected chi connectivity index (χ4v) is 6.41. The minimum Gasteiger partial charge on any atom is -0.450 e. The molecule has 1 amide bonds. The van der Waals surface area contributed by atoms with E-state index in [0.29, 0.717) is 18.1 Å². The highest BCUT2D eigenvalue weighted by atomic mass is 32.1. The molecule has 28 heavy (non-hydrogen) atoms. The molecular weight excluding hydrogens is 372 g/mol. The maximum Gasteiger partial charge on any atom is 0.409 e. The van der Waals surface area contributed by atoms with Crippen LogP contribution in [0.25, 0.3) is 0 Å². The van der Waals surface area contributed by atoms with Crippen molar-refractivity contribution in [2.24, 2.45) is 11.3 Å². The summed E-state index contributed by atoms with van der Waals surface area (Å²) in [7, 11) is 1.94. The number of nitrogens with one attached hydrogen (secondary N) is 1. The maximum atomic E-state index is 12.0. The summed E-state index contributed by atoms with van der Waals surface area (Å²) >= 11 is 5.52. The Morgan fingerprint density at radius 2 is 1.93 bits per heavy atom. The summed E-state index contributed by atoms with van der Waals surface area (Å²) in [4.78, 5) is 19.1. The number of likely N-dealkylation sites (tertiary alicyclic amines) is 3. The van der Waals surface area contributed by atoms with E-state index in [0.717, 1.165) is 43.1 Å². The molecule has 7 heteroatoms. The molecule has 1 N–H and O–H groups in total. The molecule has 4 fully saturated rings. The molecule has 1 unspecified atom stereocenters. The number of thiocarbonyl (C=S) groups is 1. The molecule has 0 bridgehead atoms. The standard InChI is InChI=1S/C21H36N4O2S/c1-3-27-20(26)24-12-8-21(15-24)13-17(14-21)23-10-6-16(7-11-23)18-5-4-9-25(18)19(28)22-2/h16-18H,3-15H2,1-2H3,(H,22,28). The third-order valence-electron chi connectivity index (χ3n) is 7.71. The lowest BCUT2D eigenvalue weighted by atomic mass is 9.64. The molecule has 3 aliphatic heterocycles. The molecule has 0 aromatic heterocycles. The third kappa shape index (κ3) is 3.84. The van der Waals surface area contributed by atoms with Gasteiger partial charge in [0.2, 0.25) is 0 Å². The largest absolute Gasteiger partial charge is 0.450 e. The molecule has 6 nitrogen and oxygen atoms in total. The number of rotatable bonds is 3. The molecule has 158 valence electrons. The van der Waals surface area contributed by atoms with Crippen molar-refractivity contribution in [3.05, 3.63) is 0 Å². The summed E-state index contributed by atoms with van der Waals surface area (Å²) in [5, 5.41) is 4.11. The van der Waals surface area contributed by atoms with E-state index in [-0.39, 0.29) is 6.09 Å². The van der Waals surface area contributed by atoms with Gasteiger partial charge in [-0.1, -0.05) is 0 Å². The van der Waals surface area contributed by atoms with Crippen molar-refractivity contribution in [2.45, 2.75) is 64.0 Å². The summed E-state index contributed by atoms with van der Waals surface area (Å²) in [6.07, 6.45) is 8.70. The van der Waals surface area contributed by atoms with Crippen LogP contribution in [0.1, 0.15) is 51.9 Å². The van der Waals surface area contributed by atoms with Gasteiger partial charge in [0.15, 0.2) is 5.11 Å². The first-order valence-corrected chi connectivity index (χ1v) is 11.6. The van der Waals surface area contributed by atoms with Gasteiger partial charge in [0.1, 0.15) is 0 Å². The summed E-state index contributed by atoms with van der Waals surface area (Å²) in [5.74, 6) is 0.782. The zero-order valence-electron chi connectivity index (χ0n) is 17.5. The third-order valence-corrected chi connectivity index (χ3v) is 8.15. The Balaban J connectivity index is 1.23. The summed E-state index contributed by atoms with van der Waals surface area (Å²) < 4.78 is 5.18. The average Bonchev–Trinajstić information content (AvgIpc) is 3.34. The van der Waals surface area contributed by atoms with Gasteiger partial charge in [-0.15, -0.1) is 0 Å². The Bertz CT molecular complexity index is 587. The van der Waals surface area contributed by atoms with Crippen LogP contribution in [-0.4, -0.2) is 84.4 Å². The van der Waals surface area contributed by atoms with Crippen molar-refractivity contribution >= 4 is 23.4 Å². The van der Waals surface area contributed by atoms with Crippen molar-refractivity contribution in [3.8, 4) is 0 Å². The van der Waals surface area contributed by atoms with Crippen LogP contribution in [0.5, 0.6) is 0 Å². The van der Waals surface area contributed by atoms with Crippen molar-refractivity contribution in [2.75, 3.05) is 46.4 Å². The van der Waals surface area contributed by atoms with Crippen LogP contribution in [-0.2, 0) is 4.74 Å². The van der Waals surface area contributed by atoms with E-state index < -0.39 is 0 Å². The number of amides is 1. The molecule has 3 saturated heterocycles. The number of carbonyl (C=O) groups is 1. The fourth-order valence-electron chi connectivity index (χ4n) is 6.18. The minimum atomic E-state index is -0.121. The molecule has 1 saturated carbocycles. The number of ether oxygens (including phenoxy) is 1. The zero-order chi connectivity index (χ0) is 19.7. The molecule has 0 aromatic carbocycles. The second-order valence-electron chi connectivity index (χ2n) is 9.26. The highest BCUT2D eigenvalue weighted by molar-refractivity contribution is 7.80. The van der Waals surface area contributed by atoms with Crippen LogP contribution >= 0.6 is 12.2 Å². The van der Waals surface area contributed by atoms with Gasteiger partial charge in [-0.05, 0) is 88.5 Å². The van der Waals surface area contributed by atoms with Gasteiger partial charge >= 0.3 is 6.09 Å². The first-order chi connectivity index (χ1) is 13.5. The van der Waals surface area contributed by atoms with Crippen molar-refractivity contribution in [1.29, 1.82) is 0 Å². The Hall–Kier alpha value is -1.08. The van der Waals surface area contributed by atoms with Gasteiger partial charge in [-0.2, -0.15) is 0 Å². The number of carbonyl (C=O) groups excluding carboxylic acids is 1. The Labute approximate surface area is 174 Å². The van der Waals surface area contributed by atoms with Crippen molar-refractivity contribution in [1.82, 2.24) is 20.0 Å². The van der Waals surface area contributed by atoms with Gasteiger partial charge in [0.25, 0.3) is 0 Å². The monoisotopic (exact) mass is 408 g/mol. The minimum absolute atomic E-state index is 0.121. The second-order valence-corrected chi connectivity index (χ2v) is 9.65. The van der Waals surface area contributed by atoms with E-state index in [1.54, 1.807) is 0 Å². The van der Waals surface area contributed by atoms with Gasteiger partial charge < -0.3 is 24.8 Å². The lowest BCUT2D eigenvalue weighted by Crippen LogP contribution is -2.55. The average molecular weight is 409 g/mol. The summed E-state index contributed by atoms with van der Waals surface area (Å²) in [5.41, 5.74) is 0.371. The number of piperidine rings is 1. The second kappa shape index (κ2) is 8.34.